The average Bonchev–Trinajstić information content (AvgIpc) is 3.22. The lowest BCUT2D eigenvalue weighted by molar-refractivity contribution is -0.666. The summed E-state index contributed by atoms with van der Waals surface area (Å²) < 4.78 is 44.0. The summed E-state index contributed by atoms with van der Waals surface area (Å²) in [5.41, 5.74) is 5.54. The lowest BCUT2D eigenvalue weighted by Crippen LogP contribution is -2.35. The first-order chi connectivity index (χ1) is 17.4. The van der Waals surface area contributed by atoms with Crippen molar-refractivity contribution in [1.82, 2.24) is 0 Å². The number of hydrogen-bond donors (Lipinski definition) is 0. The van der Waals surface area contributed by atoms with Crippen LogP contribution in [-0.2, 0) is 7.05 Å². The molecule has 3 heteroatoms. The van der Waals surface area contributed by atoms with Crippen molar-refractivity contribution in [3.63, 3.8) is 0 Å². The van der Waals surface area contributed by atoms with Crippen LogP contribution in [0.15, 0.2) is 40.8 Å². The van der Waals surface area contributed by atoms with E-state index in [1.807, 2.05) is 49.7 Å². The van der Waals surface area contributed by atoms with E-state index in [2.05, 4.69) is 4.85 Å². The summed E-state index contributed by atoms with van der Waals surface area (Å²) in [6.45, 7) is 15.3. The fourth-order valence-electron chi connectivity index (χ4n) is 5.07. The van der Waals surface area contributed by atoms with Gasteiger partial charge in [0.2, 0.25) is 11.4 Å². The Labute approximate surface area is 202 Å². The molecule has 0 unspecified atom stereocenters. The highest BCUT2D eigenvalue weighted by atomic mass is 16.3. The van der Waals surface area contributed by atoms with E-state index in [0.29, 0.717) is 33.8 Å². The van der Waals surface area contributed by atoms with E-state index in [4.69, 9.17) is 16.5 Å². The van der Waals surface area contributed by atoms with Crippen LogP contribution in [0.5, 0.6) is 0 Å². The molecule has 2 aromatic heterocycles. The molecule has 5 rings (SSSR count). The zero-order valence-corrected chi connectivity index (χ0v) is 20.1. The SMILES string of the molecule is [2H]c1c(C([2H])(C)C)c([2H])c(-c2c(C)ccc3c2oc2c([N+]#[C-])c(C4([2H])CCCCC4)ccc23)[n+](C)c1C. The van der Waals surface area contributed by atoms with Crippen LogP contribution in [0.1, 0.15) is 85.6 Å². The second-order valence-corrected chi connectivity index (χ2v) is 9.47. The van der Waals surface area contributed by atoms with Gasteiger partial charge in [0.05, 0.1) is 14.9 Å². The number of nitrogens with zero attached hydrogens (tertiary/aromatic N) is 2. The molecule has 0 N–H and O–H groups in total. The topological polar surface area (TPSA) is 21.4 Å². The van der Waals surface area contributed by atoms with Gasteiger partial charge < -0.3 is 4.42 Å². The fourth-order valence-corrected chi connectivity index (χ4v) is 5.07. The molecule has 1 fully saturated rings. The minimum Gasteiger partial charge on any atom is -0.466 e. The largest absolute Gasteiger partial charge is 0.466 e. The monoisotopic (exact) mass is 441 g/mol. The molecule has 168 valence electrons. The Hall–Kier alpha value is -3.12. The molecule has 4 aromatic rings. The number of aryl methyl sites for hydroxylation is 1. The van der Waals surface area contributed by atoms with Crippen LogP contribution < -0.4 is 4.57 Å². The molecule has 2 aromatic carbocycles. The van der Waals surface area contributed by atoms with Gasteiger partial charge in [0.1, 0.15) is 18.2 Å². The maximum absolute atomic E-state index is 9.16. The number of aromatic nitrogens is 1. The summed E-state index contributed by atoms with van der Waals surface area (Å²) in [6.07, 6.45) is 4.60. The van der Waals surface area contributed by atoms with E-state index in [1.54, 1.807) is 13.8 Å². The van der Waals surface area contributed by atoms with E-state index >= 15 is 0 Å². The van der Waals surface area contributed by atoms with Crippen LogP contribution in [-0.4, -0.2) is 0 Å². The third-order valence-corrected chi connectivity index (χ3v) is 7.07. The van der Waals surface area contributed by atoms with Gasteiger partial charge in [-0.2, -0.15) is 4.57 Å². The second-order valence-electron chi connectivity index (χ2n) is 9.47. The maximum Gasteiger partial charge on any atom is 0.232 e. The van der Waals surface area contributed by atoms with E-state index < -0.39 is 11.8 Å². The van der Waals surface area contributed by atoms with Crippen molar-refractivity contribution in [3.05, 3.63) is 70.2 Å². The van der Waals surface area contributed by atoms with Gasteiger partial charge in [0, 0.05) is 32.5 Å². The van der Waals surface area contributed by atoms with Crippen molar-refractivity contribution in [2.45, 2.75) is 71.6 Å². The highest BCUT2D eigenvalue weighted by Crippen LogP contribution is 2.45. The van der Waals surface area contributed by atoms with Gasteiger partial charge >= 0.3 is 0 Å². The Kier molecular flexibility index (Phi) is 4.39. The average molecular weight is 442 g/mol. The van der Waals surface area contributed by atoms with Crippen LogP contribution >= 0.6 is 0 Å². The molecule has 0 bridgehead atoms. The molecule has 1 saturated carbocycles. The van der Waals surface area contributed by atoms with Crippen LogP contribution in [0.3, 0.4) is 0 Å². The second kappa shape index (κ2) is 8.34. The molecule has 0 atom stereocenters. The maximum atomic E-state index is 9.16. The van der Waals surface area contributed by atoms with E-state index in [1.165, 1.54) is 0 Å². The molecule has 0 saturated heterocycles. The fraction of sp³-hybridized carbons (Fsp3) is 0.400. The number of hydrogen-bond acceptors (Lipinski definition) is 1. The van der Waals surface area contributed by atoms with E-state index in [9.17, 15) is 0 Å². The van der Waals surface area contributed by atoms with Gasteiger partial charge in [-0.05, 0) is 48.2 Å². The Balaban J connectivity index is 1.88. The van der Waals surface area contributed by atoms with Crippen molar-refractivity contribution in [2.75, 3.05) is 0 Å². The van der Waals surface area contributed by atoms with Crippen molar-refractivity contribution < 1.29 is 14.5 Å². The van der Waals surface area contributed by atoms with Gasteiger partial charge in [-0.15, -0.1) is 0 Å². The van der Waals surface area contributed by atoms with Crippen molar-refractivity contribution in [1.29, 1.82) is 0 Å². The molecule has 1 aliphatic rings. The first-order valence-electron chi connectivity index (χ1n) is 13.8. The Morgan fingerprint density at radius 3 is 2.48 bits per heavy atom. The van der Waals surface area contributed by atoms with Gasteiger partial charge in [-0.3, -0.25) is 0 Å². The smallest absolute Gasteiger partial charge is 0.232 e. The minimum absolute atomic E-state index is 0.146. The molecule has 33 heavy (non-hydrogen) atoms. The molecular formula is C30H33N2O+. The van der Waals surface area contributed by atoms with E-state index in [-0.39, 0.29) is 12.1 Å². The zero-order valence-electron chi connectivity index (χ0n) is 24.1. The Bertz CT molecular complexity index is 1620. The zero-order chi connectivity index (χ0) is 26.9. The van der Waals surface area contributed by atoms with Gasteiger partial charge in [0.25, 0.3) is 0 Å². The normalized spacial score (nSPS) is 17.9. The third kappa shape index (κ3) is 3.53. The number of benzene rings is 2. The highest BCUT2D eigenvalue weighted by Gasteiger charge is 2.26. The number of furan rings is 1. The predicted molar refractivity (Wildman–Crippen MR) is 136 cm³/mol. The molecule has 0 amide bonds. The summed E-state index contributed by atoms with van der Waals surface area (Å²) in [5, 5.41) is 1.68. The molecule has 1 aliphatic carbocycles. The molecule has 0 spiro atoms. The summed E-state index contributed by atoms with van der Waals surface area (Å²) in [5.74, 6) is -1.90. The Morgan fingerprint density at radius 1 is 1.09 bits per heavy atom. The number of pyridine rings is 1. The van der Waals surface area contributed by atoms with Gasteiger partial charge in [0.15, 0.2) is 5.69 Å². The summed E-state index contributed by atoms with van der Waals surface area (Å²) in [4.78, 5) is 3.89. The predicted octanol–water partition coefficient (Wildman–Crippen LogP) is 8.42. The molecule has 0 radical (unpaired) electrons. The molecule has 3 nitrogen and oxygen atoms in total. The molecule has 2 heterocycles. The first kappa shape index (κ1) is 17.4. The number of rotatable bonds is 3. The Morgan fingerprint density at radius 2 is 1.79 bits per heavy atom. The van der Waals surface area contributed by atoms with E-state index in [0.717, 1.165) is 59.6 Å². The van der Waals surface area contributed by atoms with Crippen LogP contribution in [0.25, 0.3) is 38.0 Å². The summed E-state index contributed by atoms with van der Waals surface area (Å²) in [7, 11) is 1.85. The van der Waals surface area contributed by atoms with Crippen molar-refractivity contribution >= 4 is 27.6 Å². The quantitative estimate of drug-likeness (QED) is 0.231. The van der Waals surface area contributed by atoms with Crippen molar-refractivity contribution in [2.24, 2.45) is 7.05 Å². The summed E-state index contributed by atoms with van der Waals surface area (Å²) >= 11 is 0. The standard InChI is InChI=1S/C30H33N2O/c1-18(2)22-16-20(4)32(6)26(17-22)27-19(3)12-13-24-25-15-14-23(21-10-8-7-9-11-21)28(31-5)30(25)33-29(24)27/h12-18,21H,7-11H2,1-4,6H3/q+1/i16D,17D,18D,21D. The summed E-state index contributed by atoms with van der Waals surface area (Å²) in [6, 6.07) is 8.27. The lowest BCUT2D eigenvalue weighted by Gasteiger charge is -2.23. The number of fused-ring (bicyclic) bond motifs is 3. The van der Waals surface area contributed by atoms with Crippen molar-refractivity contribution in [3.8, 4) is 11.3 Å². The highest BCUT2D eigenvalue weighted by molar-refractivity contribution is 6.13. The first-order valence-corrected chi connectivity index (χ1v) is 11.8. The lowest BCUT2D eigenvalue weighted by atomic mass is 9.83. The molecular weight excluding hydrogens is 404 g/mol. The van der Waals surface area contributed by atoms with Gasteiger partial charge in [-0.25, -0.2) is 4.85 Å². The van der Waals surface area contributed by atoms with Crippen LogP contribution in [0.4, 0.5) is 5.69 Å². The third-order valence-electron chi connectivity index (χ3n) is 7.07. The minimum atomic E-state index is -1.12. The molecule has 0 aliphatic heterocycles. The van der Waals surface area contributed by atoms with Crippen LogP contribution in [0.2, 0.25) is 0 Å². The van der Waals surface area contributed by atoms with Crippen LogP contribution in [0, 0.1) is 20.4 Å². The van der Waals surface area contributed by atoms with Gasteiger partial charge in [-0.1, -0.05) is 57.4 Å².